The zero-order chi connectivity index (χ0) is 13.1. The smallest absolute Gasteiger partial charge is 0.225 e. The molecule has 0 aliphatic heterocycles. The molecule has 0 bridgehead atoms. The first-order valence-corrected chi connectivity index (χ1v) is 5.96. The molecule has 1 heterocycles. The number of hydrogen-bond acceptors (Lipinski definition) is 3. The molecule has 0 unspecified atom stereocenters. The lowest BCUT2D eigenvalue weighted by Gasteiger charge is -2.13. The van der Waals surface area contributed by atoms with Gasteiger partial charge in [-0.2, -0.15) is 0 Å². The Bertz CT molecular complexity index is 550. The van der Waals surface area contributed by atoms with E-state index in [1.807, 2.05) is 38.1 Å². The van der Waals surface area contributed by atoms with Gasteiger partial charge in [0.2, 0.25) is 5.88 Å². The van der Waals surface area contributed by atoms with Crippen LogP contribution < -0.4 is 4.74 Å². The minimum atomic E-state index is -0.598. The number of pyridine rings is 1. The van der Waals surface area contributed by atoms with Crippen LogP contribution in [0.4, 0.5) is 0 Å². The number of aromatic nitrogens is 1. The zero-order valence-corrected chi connectivity index (χ0v) is 10.8. The lowest BCUT2D eigenvalue weighted by molar-refractivity contribution is 0.194. The van der Waals surface area contributed by atoms with Crippen LogP contribution in [0.2, 0.25) is 0 Å². The van der Waals surface area contributed by atoms with E-state index in [2.05, 4.69) is 4.98 Å². The second-order valence-electron chi connectivity index (χ2n) is 4.37. The molecule has 3 heteroatoms. The van der Waals surface area contributed by atoms with Crippen molar-refractivity contribution in [3.63, 3.8) is 0 Å². The Morgan fingerprint density at radius 2 is 1.94 bits per heavy atom. The van der Waals surface area contributed by atoms with Crippen molar-refractivity contribution in [2.45, 2.75) is 26.9 Å². The van der Waals surface area contributed by atoms with E-state index in [0.717, 1.165) is 11.3 Å². The highest BCUT2D eigenvalue weighted by atomic mass is 16.5. The molecule has 94 valence electrons. The third kappa shape index (κ3) is 2.51. The molecule has 1 atom stereocenters. The predicted molar refractivity (Wildman–Crippen MR) is 70.9 cm³/mol. The van der Waals surface area contributed by atoms with Gasteiger partial charge in [0, 0.05) is 11.8 Å². The van der Waals surface area contributed by atoms with Crippen molar-refractivity contribution in [1.82, 2.24) is 4.98 Å². The Labute approximate surface area is 107 Å². The number of aliphatic hydroxyl groups is 1. The highest BCUT2D eigenvalue weighted by Crippen LogP contribution is 2.30. The standard InChI is InChI=1S/C15H17NO2/c1-10-6-4-8-14(11(10)2)18-15-13(12(3)17)7-5-9-16-15/h4-9,12,17H,1-3H3/t12-/m0/s1. The number of rotatable bonds is 3. The third-order valence-corrected chi connectivity index (χ3v) is 3.01. The van der Waals surface area contributed by atoms with Crippen molar-refractivity contribution >= 4 is 0 Å². The maximum absolute atomic E-state index is 9.69. The molecule has 0 spiro atoms. The Kier molecular flexibility index (Phi) is 3.63. The summed E-state index contributed by atoms with van der Waals surface area (Å²) in [5.41, 5.74) is 2.94. The van der Waals surface area contributed by atoms with Crippen LogP contribution in [-0.2, 0) is 0 Å². The maximum atomic E-state index is 9.69. The molecule has 1 N–H and O–H groups in total. The molecule has 0 aliphatic rings. The third-order valence-electron chi connectivity index (χ3n) is 3.01. The summed E-state index contributed by atoms with van der Waals surface area (Å²) in [5, 5.41) is 9.69. The molecule has 0 radical (unpaired) electrons. The van der Waals surface area contributed by atoms with Gasteiger partial charge in [0.1, 0.15) is 5.75 Å². The van der Waals surface area contributed by atoms with E-state index in [4.69, 9.17) is 4.74 Å². The van der Waals surface area contributed by atoms with E-state index in [1.54, 1.807) is 19.2 Å². The summed E-state index contributed by atoms with van der Waals surface area (Å²) in [6.07, 6.45) is 1.06. The van der Waals surface area contributed by atoms with Crippen molar-refractivity contribution in [1.29, 1.82) is 0 Å². The van der Waals surface area contributed by atoms with Gasteiger partial charge in [0.05, 0.1) is 6.10 Å². The van der Waals surface area contributed by atoms with Crippen LogP contribution in [0.25, 0.3) is 0 Å². The van der Waals surface area contributed by atoms with Gasteiger partial charge in [-0.25, -0.2) is 4.98 Å². The number of aliphatic hydroxyl groups excluding tert-OH is 1. The maximum Gasteiger partial charge on any atom is 0.225 e. The van der Waals surface area contributed by atoms with Gasteiger partial charge in [-0.1, -0.05) is 12.1 Å². The monoisotopic (exact) mass is 243 g/mol. The Morgan fingerprint density at radius 1 is 1.17 bits per heavy atom. The molecule has 2 aromatic rings. The SMILES string of the molecule is Cc1cccc(Oc2ncccc2[C@H](C)O)c1C. The average molecular weight is 243 g/mol. The summed E-state index contributed by atoms with van der Waals surface area (Å²) in [5.74, 6) is 1.23. The van der Waals surface area contributed by atoms with E-state index in [9.17, 15) is 5.11 Å². The van der Waals surface area contributed by atoms with Gasteiger partial charge in [-0.15, -0.1) is 0 Å². The second kappa shape index (κ2) is 5.19. The van der Waals surface area contributed by atoms with Crippen molar-refractivity contribution in [2.24, 2.45) is 0 Å². The van der Waals surface area contributed by atoms with E-state index >= 15 is 0 Å². The average Bonchev–Trinajstić information content (AvgIpc) is 2.35. The molecule has 18 heavy (non-hydrogen) atoms. The minimum absolute atomic E-state index is 0.459. The fourth-order valence-corrected chi connectivity index (χ4v) is 1.75. The molecule has 0 saturated carbocycles. The molecule has 2 rings (SSSR count). The van der Waals surface area contributed by atoms with E-state index in [1.165, 1.54) is 5.56 Å². The topological polar surface area (TPSA) is 42.4 Å². The first kappa shape index (κ1) is 12.6. The molecular weight excluding hydrogens is 226 g/mol. The van der Waals surface area contributed by atoms with Gasteiger partial charge in [-0.3, -0.25) is 0 Å². The molecule has 0 aliphatic carbocycles. The summed E-state index contributed by atoms with van der Waals surface area (Å²) in [6, 6.07) is 9.50. The lowest BCUT2D eigenvalue weighted by Crippen LogP contribution is -1.99. The van der Waals surface area contributed by atoms with E-state index in [0.29, 0.717) is 11.4 Å². The van der Waals surface area contributed by atoms with Crippen LogP contribution in [0.5, 0.6) is 11.6 Å². The highest BCUT2D eigenvalue weighted by Gasteiger charge is 2.12. The van der Waals surface area contributed by atoms with Gasteiger partial charge in [0.25, 0.3) is 0 Å². The first-order chi connectivity index (χ1) is 8.59. The normalized spacial score (nSPS) is 12.2. The summed E-state index contributed by atoms with van der Waals surface area (Å²) < 4.78 is 5.81. The molecule has 0 amide bonds. The van der Waals surface area contributed by atoms with E-state index in [-0.39, 0.29) is 0 Å². The van der Waals surface area contributed by atoms with E-state index < -0.39 is 6.10 Å². The Hall–Kier alpha value is -1.87. The Balaban J connectivity index is 2.37. The quantitative estimate of drug-likeness (QED) is 0.896. The molecule has 0 saturated heterocycles. The molecule has 1 aromatic carbocycles. The van der Waals surface area contributed by atoms with Crippen LogP contribution >= 0.6 is 0 Å². The molecule has 0 fully saturated rings. The Morgan fingerprint density at radius 3 is 2.67 bits per heavy atom. The number of benzene rings is 1. The van der Waals surface area contributed by atoms with Crippen molar-refractivity contribution in [3.05, 3.63) is 53.2 Å². The van der Waals surface area contributed by atoms with Gasteiger partial charge in [-0.05, 0) is 50.1 Å². The number of hydrogen-bond donors (Lipinski definition) is 1. The number of nitrogens with zero attached hydrogens (tertiary/aromatic N) is 1. The van der Waals surface area contributed by atoms with Gasteiger partial charge >= 0.3 is 0 Å². The van der Waals surface area contributed by atoms with Gasteiger partial charge < -0.3 is 9.84 Å². The summed E-state index contributed by atoms with van der Waals surface area (Å²) >= 11 is 0. The van der Waals surface area contributed by atoms with Crippen molar-refractivity contribution < 1.29 is 9.84 Å². The zero-order valence-electron chi connectivity index (χ0n) is 10.8. The molecular formula is C15H17NO2. The largest absolute Gasteiger partial charge is 0.438 e. The second-order valence-corrected chi connectivity index (χ2v) is 4.37. The van der Waals surface area contributed by atoms with Crippen LogP contribution in [0.3, 0.4) is 0 Å². The number of aryl methyl sites for hydroxylation is 1. The number of ether oxygens (including phenoxy) is 1. The molecule has 1 aromatic heterocycles. The van der Waals surface area contributed by atoms with Gasteiger partial charge in [0.15, 0.2) is 0 Å². The predicted octanol–water partition coefficient (Wildman–Crippen LogP) is 3.54. The highest BCUT2D eigenvalue weighted by molar-refractivity contribution is 5.41. The van der Waals surface area contributed by atoms with Crippen LogP contribution in [-0.4, -0.2) is 10.1 Å². The summed E-state index contributed by atoms with van der Waals surface area (Å²) in [4.78, 5) is 4.18. The lowest BCUT2D eigenvalue weighted by atomic mass is 10.1. The fourth-order valence-electron chi connectivity index (χ4n) is 1.75. The summed E-state index contributed by atoms with van der Waals surface area (Å²) in [6.45, 7) is 5.75. The minimum Gasteiger partial charge on any atom is -0.438 e. The molecule has 3 nitrogen and oxygen atoms in total. The van der Waals surface area contributed by atoms with Crippen molar-refractivity contribution in [2.75, 3.05) is 0 Å². The fraction of sp³-hybridized carbons (Fsp3) is 0.267. The van der Waals surface area contributed by atoms with Crippen LogP contribution in [0.15, 0.2) is 36.5 Å². The summed E-state index contributed by atoms with van der Waals surface area (Å²) in [7, 11) is 0. The van der Waals surface area contributed by atoms with Crippen LogP contribution in [0.1, 0.15) is 29.7 Å². The van der Waals surface area contributed by atoms with Crippen molar-refractivity contribution in [3.8, 4) is 11.6 Å². The van der Waals surface area contributed by atoms with Crippen LogP contribution in [0, 0.1) is 13.8 Å². The first-order valence-electron chi connectivity index (χ1n) is 5.96.